The number of phenols is 1. The van der Waals surface area contributed by atoms with E-state index in [1.165, 1.54) is 18.5 Å². The van der Waals surface area contributed by atoms with Crippen molar-refractivity contribution in [2.75, 3.05) is 0 Å². The van der Waals surface area contributed by atoms with Crippen LogP contribution in [0.15, 0.2) is 36.8 Å². The SMILES string of the molecule is CC[C@H](C)[C@H](NC(=O)[C@@H](N)Cc1cnc[nH]1)C(=O)N[C@@H](Cc1ccc(O)cc1)C(=O)O. The first-order chi connectivity index (χ1) is 14.7. The lowest BCUT2D eigenvalue weighted by atomic mass is 9.96. The van der Waals surface area contributed by atoms with E-state index in [0.29, 0.717) is 17.7 Å². The predicted molar refractivity (Wildman–Crippen MR) is 113 cm³/mol. The highest BCUT2D eigenvalue weighted by atomic mass is 16.4. The summed E-state index contributed by atoms with van der Waals surface area (Å²) in [5, 5.41) is 24.1. The van der Waals surface area contributed by atoms with Crippen LogP contribution in [0, 0.1) is 5.92 Å². The van der Waals surface area contributed by atoms with Crippen molar-refractivity contribution in [1.82, 2.24) is 20.6 Å². The van der Waals surface area contributed by atoms with E-state index < -0.39 is 35.9 Å². The molecule has 1 aromatic heterocycles. The topological polar surface area (TPSA) is 170 Å². The number of carboxylic acids is 1. The Morgan fingerprint density at radius 2 is 1.81 bits per heavy atom. The van der Waals surface area contributed by atoms with E-state index in [2.05, 4.69) is 20.6 Å². The van der Waals surface area contributed by atoms with Gasteiger partial charge in [0.2, 0.25) is 11.8 Å². The van der Waals surface area contributed by atoms with Crippen LogP contribution in [0.25, 0.3) is 0 Å². The molecule has 1 heterocycles. The predicted octanol–water partition coefficient (Wildman–Crippen LogP) is 0.328. The molecule has 7 N–H and O–H groups in total. The Bertz CT molecular complexity index is 869. The van der Waals surface area contributed by atoms with Crippen molar-refractivity contribution in [3.05, 3.63) is 48.0 Å². The van der Waals surface area contributed by atoms with Crippen LogP contribution < -0.4 is 16.4 Å². The summed E-state index contributed by atoms with van der Waals surface area (Å²) in [4.78, 5) is 43.9. The number of aromatic hydroxyl groups is 1. The van der Waals surface area contributed by atoms with Gasteiger partial charge in [0.15, 0.2) is 0 Å². The maximum Gasteiger partial charge on any atom is 0.326 e. The van der Waals surface area contributed by atoms with Crippen LogP contribution in [-0.2, 0) is 27.2 Å². The van der Waals surface area contributed by atoms with Gasteiger partial charge in [0.25, 0.3) is 0 Å². The molecule has 31 heavy (non-hydrogen) atoms. The third-order valence-corrected chi connectivity index (χ3v) is 5.12. The number of aromatic amines is 1. The first kappa shape index (κ1) is 23.9. The molecule has 0 saturated carbocycles. The zero-order valence-electron chi connectivity index (χ0n) is 17.5. The molecule has 0 radical (unpaired) electrons. The molecule has 0 saturated heterocycles. The standard InChI is InChI=1S/C21H29N5O5/c1-3-12(2)18(26-19(28)16(22)9-14-10-23-11-24-14)20(29)25-17(21(30)31)8-13-4-6-15(27)7-5-13/h4-7,10-12,16-18,27H,3,8-9,22H2,1-2H3,(H,23,24)(H,25,29)(H,26,28)(H,30,31)/t12-,16-,17-,18-/m0/s1. The van der Waals surface area contributed by atoms with Crippen LogP contribution in [0.5, 0.6) is 5.75 Å². The van der Waals surface area contributed by atoms with Crippen molar-refractivity contribution in [3.8, 4) is 5.75 Å². The second kappa shape index (κ2) is 11.1. The third kappa shape index (κ3) is 7.10. The molecular formula is C21H29N5O5. The van der Waals surface area contributed by atoms with E-state index in [4.69, 9.17) is 5.73 Å². The average molecular weight is 431 g/mol. The Hall–Kier alpha value is -3.40. The number of phenolic OH excluding ortho intramolecular Hbond substituents is 1. The van der Waals surface area contributed by atoms with E-state index >= 15 is 0 Å². The van der Waals surface area contributed by atoms with Gasteiger partial charge in [0, 0.05) is 24.7 Å². The number of carbonyl (C=O) groups excluding carboxylic acids is 2. The van der Waals surface area contributed by atoms with Crippen LogP contribution >= 0.6 is 0 Å². The van der Waals surface area contributed by atoms with E-state index in [9.17, 15) is 24.6 Å². The van der Waals surface area contributed by atoms with Gasteiger partial charge in [0.05, 0.1) is 12.4 Å². The molecule has 0 bridgehead atoms. The van der Waals surface area contributed by atoms with Gasteiger partial charge in [-0.3, -0.25) is 9.59 Å². The molecule has 0 aliphatic carbocycles. The minimum atomic E-state index is -1.20. The van der Waals surface area contributed by atoms with Crippen LogP contribution in [0.4, 0.5) is 0 Å². The fraction of sp³-hybridized carbons (Fsp3) is 0.429. The van der Waals surface area contributed by atoms with E-state index in [-0.39, 0.29) is 24.5 Å². The Balaban J connectivity index is 2.06. The number of hydrogen-bond acceptors (Lipinski definition) is 6. The molecule has 0 fully saturated rings. The lowest BCUT2D eigenvalue weighted by Gasteiger charge is -2.26. The van der Waals surface area contributed by atoms with Crippen LogP contribution in [-0.4, -0.2) is 56.1 Å². The summed E-state index contributed by atoms with van der Waals surface area (Å²) in [5.74, 6) is -2.49. The van der Waals surface area contributed by atoms with Crippen molar-refractivity contribution in [2.45, 2.75) is 51.2 Å². The molecule has 0 unspecified atom stereocenters. The molecule has 10 nitrogen and oxygen atoms in total. The summed E-state index contributed by atoms with van der Waals surface area (Å²) in [7, 11) is 0. The number of aromatic nitrogens is 2. The lowest BCUT2D eigenvalue weighted by Crippen LogP contribution is -2.57. The van der Waals surface area contributed by atoms with Gasteiger partial charge in [0.1, 0.15) is 17.8 Å². The smallest absolute Gasteiger partial charge is 0.326 e. The van der Waals surface area contributed by atoms with Crippen molar-refractivity contribution in [1.29, 1.82) is 0 Å². The Morgan fingerprint density at radius 1 is 1.13 bits per heavy atom. The molecular weight excluding hydrogens is 402 g/mol. The first-order valence-corrected chi connectivity index (χ1v) is 10.1. The third-order valence-electron chi connectivity index (χ3n) is 5.12. The van der Waals surface area contributed by atoms with Crippen LogP contribution in [0.3, 0.4) is 0 Å². The molecule has 168 valence electrons. The van der Waals surface area contributed by atoms with Crippen molar-refractivity contribution in [3.63, 3.8) is 0 Å². The molecule has 0 aliphatic heterocycles. The molecule has 0 spiro atoms. The van der Waals surface area contributed by atoms with Gasteiger partial charge in [-0.15, -0.1) is 0 Å². The zero-order valence-corrected chi connectivity index (χ0v) is 17.5. The van der Waals surface area contributed by atoms with Crippen LogP contribution in [0.2, 0.25) is 0 Å². The minimum absolute atomic E-state index is 0.0296. The summed E-state index contributed by atoms with van der Waals surface area (Å²) in [6, 6.07) is 3.02. The van der Waals surface area contributed by atoms with E-state index in [0.717, 1.165) is 0 Å². The molecule has 2 amide bonds. The van der Waals surface area contributed by atoms with Crippen LogP contribution in [0.1, 0.15) is 31.5 Å². The number of aliphatic carboxylic acids is 1. The normalized spacial score (nSPS) is 14.8. The van der Waals surface area contributed by atoms with Gasteiger partial charge in [-0.1, -0.05) is 32.4 Å². The number of imidazole rings is 1. The largest absolute Gasteiger partial charge is 0.508 e. The number of amides is 2. The van der Waals surface area contributed by atoms with Gasteiger partial charge in [-0.2, -0.15) is 0 Å². The van der Waals surface area contributed by atoms with E-state index in [1.54, 1.807) is 25.3 Å². The average Bonchev–Trinajstić information content (AvgIpc) is 3.25. The highest BCUT2D eigenvalue weighted by Gasteiger charge is 2.31. The maximum atomic E-state index is 12.9. The quantitative estimate of drug-likeness (QED) is 0.298. The maximum absolute atomic E-state index is 12.9. The van der Waals surface area contributed by atoms with E-state index in [1.807, 2.05) is 6.92 Å². The number of nitrogens with one attached hydrogen (secondary N) is 3. The summed E-state index contributed by atoms with van der Waals surface area (Å²) >= 11 is 0. The fourth-order valence-corrected chi connectivity index (χ4v) is 3.02. The Labute approximate surface area is 180 Å². The monoisotopic (exact) mass is 431 g/mol. The Kier molecular flexibility index (Phi) is 8.56. The summed E-state index contributed by atoms with van der Waals surface area (Å²) in [6.45, 7) is 3.66. The number of H-pyrrole nitrogens is 1. The minimum Gasteiger partial charge on any atom is -0.508 e. The summed E-state index contributed by atoms with van der Waals surface area (Å²) in [6.07, 6.45) is 3.88. The van der Waals surface area contributed by atoms with Gasteiger partial charge in [-0.05, 0) is 23.6 Å². The number of nitrogens with zero attached hydrogens (tertiary/aromatic N) is 1. The number of rotatable bonds is 11. The molecule has 0 aliphatic rings. The molecule has 4 atom stereocenters. The fourth-order valence-electron chi connectivity index (χ4n) is 3.02. The van der Waals surface area contributed by atoms with Gasteiger partial charge >= 0.3 is 5.97 Å². The number of carboxylic acid groups (broad SMARTS) is 1. The first-order valence-electron chi connectivity index (χ1n) is 10.1. The van der Waals surface area contributed by atoms with Gasteiger partial charge < -0.3 is 31.6 Å². The summed E-state index contributed by atoms with van der Waals surface area (Å²) in [5.41, 5.74) is 7.28. The highest BCUT2D eigenvalue weighted by molar-refractivity contribution is 5.92. The van der Waals surface area contributed by atoms with Crippen molar-refractivity contribution in [2.24, 2.45) is 11.7 Å². The molecule has 1 aromatic carbocycles. The zero-order chi connectivity index (χ0) is 23.0. The number of hydrogen-bond donors (Lipinski definition) is 6. The number of nitrogens with two attached hydrogens (primary N) is 1. The van der Waals surface area contributed by atoms with Gasteiger partial charge in [-0.25, -0.2) is 9.78 Å². The highest BCUT2D eigenvalue weighted by Crippen LogP contribution is 2.13. The van der Waals surface area contributed by atoms with Crippen molar-refractivity contribution >= 4 is 17.8 Å². The molecule has 10 heteroatoms. The number of benzene rings is 1. The summed E-state index contributed by atoms with van der Waals surface area (Å²) < 4.78 is 0. The Morgan fingerprint density at radius 3 is 2.35 bits per heavy atom. The molecule has 2 rings (SSSR count). The second-order valence-electron chi connectivity index (χ2n) is 7.53. The van der Waals surface area contributed by atoms with Crippen molar-refractivity contribution < 1.29 is 24.6 Å². The second-order valence-corrected chi connectivity index (χ2v) is 7.53. The number of carbonyl (C=O) groups is 3. The molecule has 2 aromatic rings. The lowest BCUT2D eigenvalue weighted by molar-refractivity contribution is -0.142.